The summed E-state index contributed by atoms with van der Waals surface area (Å²) in [7, 11) is 0. The van der Waals surface area contributed by atoms with Gasteiger partial charge >= 0.3 is 5.97 Å². The van der Waals surface area contributed by atoms with E-state index in [2.05, 4.69) is 10.4 Å². The van der Waals surface area contributed by atoms with E-state index >= 15 is 0 Å². The van der Waals surface area contributed by atoms with Gasteiger partial charge in [-0.2, -0.15) is 5.10 Å². The number of carbonyl (C=O) groups is 1. The van der Waals surface area contributed by atoms with Crippen molar-refractivity contribution in [2.45, 2.75) is 33.4 Å². The summed E-state index contributed by atoms with van der Waals surface area (Å²) in [4.78, 5) is 10.5. The summed E-state index contributed by atoms with van der Waals surface area (Å²) in [5.74, 6) is -0.796. The van der Waals surface area contributed by atoms with E-state index in [0.29, 0.717) is 19.6 Å². The summed E-state index contributed by atoms with van der Waals surface area (Å²) in [6.07, 6.45) is 0.117. The molecule has 1 aromatic carbocycles. The molecule has 0 amide bonds. The predicted octanol–water partition coefficient (Wildman–Crippen LogP) is 2.77. The molecule has 0 saturated heterocycles. The molecule has 118 valence electrons. The maximum Gasteiger partial charge on any atom is 0.304 e. The van der Waals surface area contributed by atoms with Crippen LogP contribution in [0.15, 0.2) is 24.3 Å². The van der Waals surface area contributed by atoms with Crippen LogP contribution in [0.5, 0.6) is 0 Å². The second-order valence-corrected chi connectivity index (χ2v) is 5.63. The summed E-state index contributed by atoms with van der Waals surface area (Å²) >= 11 is 6.20. The van der Waals surface area contributed by atoms with Crippen molar-refractivity contribution < 1.29 is 9.90 Å². The van der Waals surface area contributed by atoms with E-state index in [4.69, 9.17) is 16.7 Å². The van der Waals surface area contributed by atoms with Gasteiger partial charge in [0, 0.05) is 29.4 Å². The highest BCUT2D eigenvalue weighted by Crippen LogP contribution is 2.19. The molecule has 0 unspecified atom stereocenters. The average molecular weight is 322 g/mol. The van der Waals surface area contributed by atoms with E-state index in [1.165, 1.54) is 0 Å². The van der Waals surface area contributed by atoms with E-state index in [0.717, 1.165) is 27.5 Å². The third-order valence-electron chi connectivity index (χ3n) is 3.63. The molecular weight excluding hydrogens is 302 g/mol. The first kappa shape index (κ1) is 16.5. The van der Waals surface area contributed by atoms with Gasteiger partial charge < -0.3 is 10.4 Å². The number of nitrogens with one attached hydrogen (secondary N) is 1. The number of aliphatic carboxylic acids is 1. The summed E-state index contributed by atoms with van der Waals surface area (Å²) in [6, 6.07) is 7.73. The molecule has 0 spiro atoms. The molecule has 1 aromatic heterocycles. The Kier molecular flexibility index (Phi) is 5.57. The quantitative estimate of drug-likeness (QED) is 0.770. The van der Waals surface area contributed by atoms with Crippen LogP contribution in [-0.4, -0.2) is 27.4 Å². The van der Waals surface area contributed by atoms with Crippen LogP contribution >= 0.6 is 11.6 Å². The van der Waals surface area contributed by atoms with Crippen LogP contribution in [0.1, 0.15) is 28.9 Å². The molecule has 0 saturated carbocycles. The molecule has 0 aliphatic rings. The van der Waals surface area contributed by atoms with Crippen LogP contribution in [-0.2, 0) is 17.9 Å². The van der Waals surface area contributed by atoms with Gasteiger partial charge in [-0.3, -0.25) is 9.48 Å². The van der Waals surface area contributed by atoms with E-state index in [1.807, 2.05) is 42.8 Å². The summed E-state index contributed by atoms with van der Waals surface area (Å²) in [5, 5.41) is 17.1. The molecule has 0 bridgehead atoms. The van der Waals surface area contributed by atoms with Gasteiger partial charge in [0.2, 0.25) is 0 Å². The van der Waals surface area contributed by atoms with E-state index in [-0.39, 0.29) is 6.42 Å². The standard InChI is InChI=1S/C16H20ClN3O2/c1-11-14(9-18-8-7-16(21)22)12(2)20(19-11)10-13-5-3-4-6-15(13)17/h3-6,18H,7-10H2,1-2H3,(H,21,22). The predicted molar refractivity (Wildman–Crippen MR) is 86.2 cm³/mol. The molecule has 0 radical (unpaired) electrons. The second-order valence-electron chi connectivity index (χ2n) is 5.22. The molecule has 2 N–H and O–H groups in total. The molecule has 1 heterocycles. The molecule has 2 aromatic rings. The molecule has 0 fully saturated rings. The molecule has 2 rings (SSSR count). The Morgan fingerprint density at radius 3 is 2.77 bits per heavy atom. The highest BCUT2D eigenvalue weighted by molar-refractivity contribution is 6.31. The third kappa shape index (κ3) is 4.08. The van der Waals surface area contributed by atoms with Gasteiger partial charge in [0.05, 0.1) is 18.7 Å². The smallest absolute Gasteiger partial charge is 0.304 e. The molecule has 22 heavy (non-hydrogen) atoms. The number of nitrogens with zero attached hydrogens (tertiary/aromatic N) is 2. The lowest BCUT2D eigenvalue weighted by atomic mass is 10.2. The van der Waals surface area contributed by atoms with Crippen LogP contribution in [0.3, 0.4) is 0 Å². The number of carboxylic acids is 1. The Bertz CT molecular complexity index is 667. The Balaban J connectivity index is 2.07. The Hall–Kier alpha value is -1.85. The zero-order chi connectivity index (χ0) is 16.1. The summed E-state index contributed by atoms with van der Waals surface area (Å²) in [5.41, 5.74) is 4.16. The minimum absolute atomic E-state index is 0.117. The molecule has 0 atom stereocenters. The van der Waals surface area contributed by atoms with Crippen molar-refractivity contribution in [3.05, 3.63) is 51.8 Å². The first-order chi connectivity index (χ1) is 10.5. The van der Waals surface area contributed by atoms with Crippen LogP contribution in [0.4, 0.5) is 0 Å². The maximum absolute atomic E-state index is 10.5. The van der Waals surface area contributed by atoms with Crippen molar-refractivity contribution in [3.8, 4) is 0 Å². The maximum atomic E-state index is 10.5. The van der Waals surface area contributed by atoms with Gasteiger partial charge in [0.1, 0.15) is 0 Å². The Morgan fingerprint density at radius 1 is 1.36 bits per heavy atom. The van der Waals surface area contributed by atoms with Gasteiger partial charge in [-0.25, -0.2) is 0 Å². The average Bonchev–Trinajstić information content (AvgIpc) is 2.72. The minimum Gasteiger partial charge on any atom is -0.481 e. The van der Waals surface area contributed by atoms with Crippen LogP contribution in [0.2, 0.25) is 5.02 Å². The number of carboxylic acid groups (broad SMARTS) is 1. The SMILES string of the molecule is Cc1nn(Cc2ccccc2Cl)c(C)c1CNCCC(=O)O. The fourth-order valence-corrected chi connectivity index (χ4v) is 2.54. The minimum atomic E-state index is -0.796. The largest absolute Gasteiger partial charge is 0.481 e. The normalized spacial score (nSPS) is 10.9. The summed E-state index contributed by atoms with van der Waals surface area (Å²) < 4.78 is 1.94. The number of aromatic nitrogens is 2. The van der Waals surface area contributed by atoms with E-state index in [1.54, 1.807) is 0 Å². The van der Waals surface area contributed by atoms with Crippen LogP contribution < -0.4 is 5.32 Å². The number of aryl methyl sites for hydroxylation is 1. The van der Waals surface area contributed by atoms with Gasteiger partial charge in [0.25, 0.3) is 0 Å². The number of hydrogen-bond acceptors (Lipinski definition) is 3. The lowest BCUT2D eigenvalue weighted by Crippen LogP contribution is -2.18. The third-order valence-corrected chi connectivity index (χ3v) is 4.00. The second kappa shape index (κ2) is 7.42. The van der Waals surface area contributed by atoms with Crippen molar-refractivity contribution in [3.63, 3.8) is 0 Å². The lowest BCUT2D eigenvalue weighted by molar-refractivity contribution is -0.136. The molecule has 6 heteroatoms. The van der Waals surface area contributed by atoms with Crippen LogP contribution in [0.25, 0.3) is 0 Å². The molecular formula is C16H20ClN3O2. The number of hydrogen-bond donors (Lipinski definition) is 2. The topological polar surface area (TPSA) is 67.2 Å². The zero-order valence-corrected chi connectivity index (χ0v) is 13.5. The van der Waals surface area contributed by atoms with Gasteiger partial charge in [-0.05, 0) is 25.5 Å². The van der Waals surface area contributed by atoms with Gasteiger partial charge in [-0.15, -0.1) is 0 Å². The molecule has 5 nitrogen and oxygen atoms in total. The van der Waals surface area contributed by atoms with Crippen LogP contribution in [0, 0.1) is 13.8 Å². The van der Waals surface area contributed by atoms with E-state index in [9.17, 15) is 4.79 Å². The van der Waals surface area contributed by atoms with Crippen molar-refractivity contribution in [2.24, 2.45) is 0 Å². The fraction of sp³-hybridized carbons (Fsp3) is 0.375. The van der Waals surface area contributed by atoms with Gasteiger partial charge in [-0.1, -0.05) is 29.8 Å². The fourth-order valence-electron chi connectivity index (χ4n) is 2.34. The van der Waals surface area contributed by atoms with Crippen molar-refractivity contribution in [1.82, 2.24) is 15.1 Å². The first-order valence-electron chi connectivity index (χ1n) is 7.18. The molecule has 0 aliphatic carbocycles. The Morgan fingerprint density at radius 2 is 2.09 bits per heavy atom. The number of benzene rings is 1. The highest BCUT2D eigenvalue weighted by atomic mass is 35.5. The monoisotopic (exact) mass is 321 g/mol. The van der Waals surface area contributed by atoms with E-state index < -0.39 is 5.97 Å². The first-order valence-corrected chi connectivity index (χ1v) is 7.55. The number of rotatable bonds is 7. The molecule has 0 aliphatic heterocycles. The van der Waals surface area contributed by atoms with Crippen molar-refractivity contribution in [1.29, 1.82) is 0 Å². The van der Waals surface area contributed by atoms with Gasteiger partial charge in [0.15, 0.2) is 0 Å². The van der Waals surface area contributed by atoms with Crippen molar-refractivity contribution in [2.75, 3.05) is 6.54 Å². The Labute approximate surface area is 134 Å². The lowest BCUT2D eigenvalue weighted by Gasteiger charge is -2.08. The number of halogens is 1. The summed E-state index contributed by atoms with van der Waals surface area (Å²) in [6.45, 7) is 5.67. The zero-order valence-electron chi connectivity index (χ0n) is 12.8. The highest BCUT2D eigenvalue weighted by Gasteiger charge is 2.12. The van der Waals surface area contributed by atoms with Crippen molar-refractivity contribution >= 4 is 17.6 Å².